The Kier molecular flexibility index (Phi) is 2.63. The maximum atomic E-state index is 10.7. The summed E-state index contributed by atoms with van der Waals surface area (Å²) in [5.74, 6) is 1.40. The van der Waals surface area contributed by atoms with E-state index in [1.54, 1.807) is 0 Å². The van der Waals surface area contributed by atoms with Crippen molar-refractivity contribution in [1.29, 1.82) is 0 Å². The molecule has 1 aliphatic rings. The van der Waals surface area contributed by atoms with Crippen LogP contribution < -0.4 is 10.1 Å². The molecular formula is C10H11NO2S. The molecule has 2 rings (SSSR count). The van der Waals surface area contributed by atoms with E-state index in [2.05, 4.69) is 5.32 Å². The van der Waals surface area contributed by atoms with Crippen molar-refractivity contribution in [3.8, 4) is 5.75 Å². The highest BCUT2D eigenvalue weighted by Crippen LogP contribution is 2.33. The fourth-order valence-electron chi connectivity index (χ4n) is 1.35. The predicted molar refractivity (Wildman–Crippen MR) is 57.0 cm³/mol. The fourth-order valence-corrected chi connectivity index (χ4v) is 2.22. The lowest BCUT2D eigenvalue weighted by molar-refractivity contribution is -0.131. The van der Waals surface area contributed by atoms with Crippen LogP contribution in [0.1, 0.15) is 6.92 Å². The van der Waals surface area contributed by atoms with Gasteiger partial charge in [-0.25, -0.2) is 0 Å². The van der Waals surface area contributed by atoms with Gasteiger partial charge in [0.1, 0.15) is 5.75 Å². The van der Waals surface area contributed by atoms with Gasteiger partial charge in [-0.15, -0.1) is 11.8 Å². The molecule has 0 saturated carbocycles. The van der Waals surface area contributed by atoms with Gasteiger partial charge in [0, 0.05) is 30.2 Å². The van der Waals surface area contributed by atoms with Crippen molar-refractivity contribution in [2.45, 2.75) is 11.8 Å². The molecule has 4 heteroatoms. The van der Waals surface area contributed by atoms with Gasteiger partial charge >= 0.3 is 5.97 Å². The Labute approximate surface area is 86.8 Å². The fraction of sp³-hybridized carbons (Fsp3) is 0.300. The normalized spacial score (nSPS) is 14.1. The van der Waals surface area contributed by atoms with Crippen LogP contribution in [0.2, 0.25) is 0 Å². The number of benzene rings is 1. The van der Waals surface area contributed by atoms with Gasteiger partial charge in [0.2, 0.25) is 0 Å². The second-order valence-electron chi connectivity index (χ2n) is 3.03. The van der Waals surface area contributed by atoms with Crippen LogP contribution in [0.25, 0.3) is 0 Å². The summed E-state index contributed by atoms with van der Waals surface area (Å²) in [6.07, 6.45) is 0. The van der Waals surface area contributed by atoms with E-state index in [1.807, 2.05) is 30.0 Å². The van der Waals surface area contributed by atoms with E-state index >= 15 is 0 Å². The first-order valence-corrected chi connectivity index (χ1v) is 5.43. The molecule has 14 heavy (non-hydrogen) atoms. The molecule has 74 valence electrons. The van der Waals surface area contributed by atoms with Gasteiger partial charge in [-0.2, -0.15) is 0 Å². The largest absolute Gasteiger partial charge is 0.427 e. The Balaban J connectivity index is 2.24. The molecule has 3 nitrogen and oxygen atoms in total. The third-order valence-electron chi connectivity index (χ3n) is 1.89. The van der Waals surface area contributed by atoms with E-state index in [4.69, 9.17) is 4.74 Å². The van der Waals surface area contributed by atoms with Crippen molar-refractivity contribution in [3.05, 3.63) is 18.2 Å². The van der Waals surface area contributed by atoms with E-state index in [0.29, 0.717) is 5.75 Å². The molecule has 0 bridgehead atoms. The lowest BCUT2D eigenvalue weighted by atomic mass is 10.3. The number of carbonyl (C=O) groups is 1. The van der Waals surface area contributed by atoms with Crippen molar-refractivity contribution in [3.63, 3.8) is 0 Å². The second kappa shape index (κ2) is 3.92. The van der Waals surface area contributed by atoms with Crippen LogP contribution in [0.3, 0.4) is 0 Å². The monoisotopic (exact) mass is 209 g/mol. The summed E-state index contributed by atoms with van der Waals surface area (Å²) in [6.45, 7) is 2.36. The Hall–Kier alpha value is -1.16. The summed E-state index contributed by atoms with van der Waals surface area (Å²) in [6, 6.07) is 5.66. The summed E-state index contributed by atoms with van der Waals surface area (Å²) < 4.78 is 4.99. The third kappa shape index (κ3) is 2.01. The van der Waals surface area contributed by atoms with Crippen LogP contribution in [0.15, 0.2) is 23.1 Å². The van der Waals surface area contributed by atoms with E-state index in [-0.39, 0.29) is 5.97 Å². The van der Waals surface area contributed by atoms with Gasteiger partial charge in [0.15, 0.2) is 0 Å². The summed E-state index contributed by atoms with van der Waals surface area (Å²) in [5, 5.41) is 3.26. The lowest BCUT2D eigenvalue weighted by Gasteiger charge is -2.17. The Bertz CT molecular complexity index is 365. The number of carbonyl (C=O) groups excluding carboxylic acids is 1. The number of ether oxygens (including phenoxy) is 1. The molecule has 1 aromatic rings. The Morgan fingerprint density at radius 3 is 3.21 bits per heavy atom. The van der Waals surface area contributed by atoms with E-state index < -0.39 is 0 Å². The zero-order chi connectivity index (χ0) is 9.97. The molecule has 0 saturated heterocycles. The first kappa shape index (κ1) is 9.40. The van der Waals surface area contributed by atoms with Crippen molar-refractivity contribution in [2.24, 2.45) is 0 Å². The first-order chi connectivity index (χ1) is 6.75. The van der Waals surface area contributed by atoms with Gasteiger partial charge in [-0.1, -0.05) is 0 Å². The lowest BCUT2D eigenvalue weighted by Crippen LogP contribution is -2.10. The van der Waals surface area contributed by atoms with Gasteiger partial charge in [-0.05, 0) is 12.1 Å². The Morgan fingerprint density at radius 2 is 2.43 bits per heavy atom. The van der Waals surface area contributed by atoms with Crippen LogP contribution in [0, 0.1) is 0 Å². The zero-order valence-electron chi connectivity index (χ0n) is 7.87. The van der Waals surface area contributed by atoms with Crippen molar-refractivity contribution in [1.82, 2.24) is 0 Å². The molecule has 1 aromatic carbocycles. The zero-order valence-corrected chi connectivity index (χ0v) is 8.69. The quantitative estimate of drug-likeness (QED) is 0.568. The minimum atomic E-state index is -0.284. The van der Waals surface area contributed by atoms with E-state index in [9.17, 15) is 4.79 Å². The van der Waals surface area contributed by atoms with Crippen LogP contribution in [0.5, 0.6) is 5.75 Å². The maximum Gasteiger partial charge on any atom is 0.308 e. The van der Waals surface area contributed by atoms with Crippen LogP contribution >= 0.6 is 11.8 Å². The van der Waals surface area contributed by atoms with Gasteiger partial charge < -0.3 is 10.1 Å². The summed E-state index contributed by atoms with van der Waals surface area (Å²) in [7, 11) is 0. The average molecular weight is 209 g/mol. The van der Waals surface area contributed by atoms with Crippen molar-refractivity contribution in [2.75, 3.05) is 17.6 Å². The number of fused-ring (bicyclic) bond motifs is 1. The average Bonchev–Trinajstić information content (AvgIpc) is 2.17. The first-order valence-electron chi connectivity index (χ1n) is 4.45. The van der Waals surface area contributed by atoms with Gasteiger partial charge in [0.05, 0.1) is 5.69 Å². The molecule has 0 unspecified atom stereocenters. The maximum absolute atomic E-state index is 10.7. The van der Waals surface area contributed by atoms with Crippen LogP contribution in [-0.4, -0.2) is 18.3 Å². The molecule has 0 aromatic heterocycles. The van der Waals surface area contributed by atoms with Gasteiger partial charge in [0.25, 0.3) is 0 Å². The molecule has 0 spiro atoms. The number of thioether (sulfide) groups is 1. The number of hydrogen-bond acceptors (Lipinski definition) is 4. The molecule has 0 radical (unpaired) electrons. The number of nitrogens with one attached hydrogen (secondary N) is 1. The molecule has 0 aliphatic carbocycles. The highest BCUT2D eigenvalue weighted by molar-refractivity contribution is 7.99. The minimum Gasteiger partial charge on any atom is -0.427 e. The number of esters is 1. The molecule has 0 amide bonds. The number of rotatable bonds is 1. The number of hydrogen-bond donors (Lipinski definition) is 1. The smallest absolute Gasteiger partial charge is 0.308 e. The molecule has 1 aliphatic heterocycles. The molecule has 0 atom stereocenters. The summed E-state index contributed by atoms with van der Waals surface area (Å²) in [5.41, 5.74) is 1.06. The third-order valence-corrected chi connectivity index (χ3v) is 2.96. The van der Waals surface area contributed by atoms with Crippen LogP contribution in [0.4, 0.5) is 5.69 Å². The topological polar surface area (TPSA) is 38.3 Å². The van der Waals surface area contributed by atoms with Crippen LogP contribution in [-0.2, 0) is 4.79 Å². The van der Waals surface area contributed by atoms with E-state index in [1.165, 1.54) is 11.8 Å². The van der Waals surface area contributed by atoms with Crippen molar-refractivity contribution < 1.29 is 9.53 Å². The summed E-state index contributed by atoms with van der Waals surface area (Å²) >= 11 is 1.81. The number of anilines is 1. The molecule has 1 heterocycles. The highest BCUT2D eigenvalue weighted by Gasteiger charge is 2.10. The SMILES string of the molecule is CC(=O)Oc1ccc2c(c1)NCCS2. The van der Waals surface area contributed by atoms with E-state index in [0.717, 1.165) is 18.0 Å². The van der Waals surface area contributed by atoms with Gasteiger partial charge in [-0.3, -0.25) is 4.79 Å². The molecule has 0 fully saturated rings. The molecular weight excluding hydrogens is 198 g/mol. The Morgan fingerprint density at radius 1 is 1.57 bits per heavy atom. The molecule has 1 N–H and O–H groups in total. The second-order valence-corrected chi connectivity index (χ2v) is 4.16. The summed E-state index contributed by atoms with van der Waals surface area (Å²) in [4.78, 5) is 11.9. The predicted octanol–water partition coefficient (Wildman–Crippen LogP) is 2.13. The minimum absolute atomic E-state index is 0.284. The highest BCUT2D eigenvalue weighted by atomic mass is 32.2. The van der Waals surface area contributed by atoms with Crippen molar-refractivity contribution >= 4 is 23.4 Å². The standard InChI is InChI=1S/C10H11NO2S/c1-7(12)13-8-2-3-10-9(6-8)11-4-5-14-10/h2-3,6,11H,4-5H2,1H3.